The highest BCUT2D eigenvalue weighted by atomic mass is 32.2. The molecule has 6 nitrogen and oxygen atoms in total. The van der Waals surface area contributed by atoms with Crippen LogP contribution in [0.4, 0.5) is 0 Å². The van der Waals surface area contributed by atoms with Crippen molar-refractivity contribution in [3.63, 3.8) is 0 Å². The zero-order valence-corrected chi connectivity index (χ0v) is 21.6. The number of nitrogens with zero attached hydrogens (tertiary/aromatic N) is 4. The third-order valence-corrected chi connectivity index (χ3v) is 7.70. The predicted octanol–water partition coefficient (Wildman–Crippen LogP) is 6.28. The van der Waals surface area contributed by atoms with Gasteiger partial charge in [-0.05, 0) is 50.2 Å². The lowest BCUT2D eigenvalue weighted by molar-refractivity contribution is -0.114. The second-order valence-corrected chi connectivity index (χ2v) is 10.3. The minimum Gasteiger partial charge on any atom is -0.340 e. The highest BCUT2D eigenvalue weighted by Crippen LogP contribution is 2.33. The molecule has 2 aliphatic heterocycles. The van der Waals surface area contributed by atoms with Gasteiger partial charge in [0.25, 0.3) is 5.91 Å². The Balaban J connectivity index is 1.40. The quantitative estimate of drug-likeness (QED) is 0.333. The fraction of sp³-hybridized carbons (Fsp3) is 0.133. The van der Waals surface area contributed by atoms with Gasteiger partial charge in [0.2, 0.25) is 5.17 Å². The molecule has 0 atom stereocenters. The van der Waals surface area contributed by atoms with E-state index in [-0.39, 0.29) is 11.4 Å². The average molecular weight is 504 g/mol. The largest absolute Gasteiger partial charge is 0.340 e. The number of hydrogen-bond donors (Lipinski definition) is 1. The first-order valence-corrected chi connectivity index (χ1v) is 12.9. The minimum absolute atomic E-state index is 0.0412. The van der Waals surface area contributed by atoms with Gasteiger partial charge in [-0.2, -0.15) is 15.1 Å². The van der Waals surface area contributed by atoms with E-state index in [0.29, 0.717) is 5.17 Å². The van der Waals surface area contributed by atoms with Crippen molar-refractivity contribution < 1.29 is 4.79 Å². The summed E-state index contributed by atoms with van der Waals surface area (Å²) in [6, 6.07) is 24.7. The Morgan fingerprint density at radius 1 is 0.946 bits per heavy atom. The van der Waals surface area contributed by atoms with Crippen molar-refractivity contribution in [3.05, 3.63) is 112 Å². The lowest BCUT2D eigenvalue weighted by Gasteiger charge is -2.20. The number of rotatable bonds is 4. The van der Waals surface area contributed by atoms with Crippen molar-refractivity contribution in [1.82, 2.24) is 9.58 Å². The number of nitrogens with one attached hydrogen (secondary N) is 1. The number of carbonyl (C=O) groups excluding carboxylic acids is 1. The van der Waals surface area contributed by atoms with E-state index in [1.807, 2.05) is 43.3 Å². The van der Waals surface area contributed by atoms with Crippen LogP contribution in [-0.2, 0) is 11.3 Å². The van der Waals surface area contributed by atoms with Crippen LogP contribution in [0.1, 0.15) is 33.5 Å². The lowest BCUT2D eigenvalue weighted by atomic mass is 10.1. The number of fused-ring (bicyclic) bond motifs is 2. The highest BCUT2D eigenvalue weighted by molar-refractivity contribution is 8.27. The molecular weight excluding hydrogens is 478 g/mol. The first kappa shape index (κ1) is 23.2. The molecule has 4 aromatic rings. The van der Waals surface area contributed by atoms with Crippen LogP contribution >= 0.6 is 11.8 Å². The summed E-state index contributed by atoms with van der Waals surface area (Å²) in [6.45, 7) is 6.91. The van der Waals surface area contributed by atoms with E-state index >= 15 is 0 Å². The predicted molar refractivity (Wildman–Crippen MR) is 152 cm³/mol. The second kappa shape index (κ2) is 9.01. The number of amidine groups is 2. The van der Waals surface area contributed by atoms with E-state index in [4.69, 9.17) is 5.41 Å². The van der Waals surface area contributed by atoms with E-state index in [2.05, 4.69) is 64.9 Å². The van der Waals surface area contributed by atoms with E-state index in [1.165, 1.54) is 27.9 Å². The maximum Gasteiger partial charge on any atom is 0.283 e. The zero-order chi connectivity index (χ0) is 25.7. The number of hydrazone groups is 1. The summed E-state index contributed by atoms with van der Waals surface area (Å²) in [5, 5.41) is 17.1. The number of aromatic nitrogens is 1. The van der Waals surface area contributed by atoms with Gasteiger partial charge in [-0.1, -0.05) is 77.9 Å². The van der Waals surface area contributed by atoms with Crippen molar-refractivity contribution in [1.29, 1.82) is 5.41 Å². The standard InChI is InChI=1S/C30H25N5OS/c1-18-11-13-22(14-12-18)29-33-35-27(31)25(28(36)32-30(35)37-29)16-24-20(3)34(26-10-5-4-9-23(24)26)17-21-8-6-7-19(2)15-21/h4-16,31H,17H2,1-3H3/b25-16-,31-27?. The first-order chi connectivity index (χ1) is 17.9. The molecule has 0 saturated carbocycles. The molecule has 3 aromatic carbocycles. The molecule has 0 radical (unpaired) electrons. The summed E-state index contributed by atoms with van der Waals surface area (Å²) in [7, 11) is 0. The van der Waals surface area contributed by atoms with Crippen molar-refractivity contribution >= 4 is 50.7 Å². The molecule has 7 heteroatoms. The Labute approximate surface area is 219 Å². The van der Waals surface area contributed by atoms with E-state index < -0.39 is 5.91 Å². The number of aliphatic imine (C=N–C) groups is 1. The van der Waals surface area contributed by atoms with Gasteiger partial charge < -0.3 is 4.57 Å². The zero-order valence-electron chi connectivity index (χ0n) is 20.8. The molecule has 6 rings (SSSR count). The van der Waals surface area contributed by atoms with Crippen LogP contribution in [0, 0.1) is 26.2 Å². The van der Waals surface area contributed by atoms with Gasteiger partial charge in [0.15, 0.2) is 5.84 Å². The molecule has 182 valence electrons. The van der Waals surface area contributed by atoms with Gasteiger partial charge in [0, 0.05) is 34.3 Å². The first-order valence-electron chi connectivity index (χ1n) is 12.1. The molecule has 1 amide bonds. The average Bonchev–Trinajstić information content (AvgIpc) is 3.42. The second-order valence-electron chi connectivity index (χ2n) is 9.38. The molecule has 0 fully saturated rings. The summed E-state index contributed by atoms with van der Waals surface area (Å²) < 4.78 is 2.27. The van der Waals surface area contributed by atoms with Crippen LogP contribution in [0.2, 0.25) is 0 Å². The summed E-state index contributed by atoms with van der Waals surface area (Å²) >= 11 is 1.31. The molecule has 1 N–H and O–H groups in total. The van der Waals surface area contributed by atoms with Gasteiger partial charge in [-0.3, -0.25) is 10.2 Å². The molecule has 0 spiro atoms. The topological polar surface area (TPSA) is 73.8 Å². The van der Waals surface area contributed by atoms with Crippen molar-refractivity contribution in [2.75, 3.05) is 0 Å². The van der Waals surface area contributed by atoms with Crippen molar-refractivity contribution in [2.24, 2.45) is 10.1 Å². The Morgan fingerprint density at radius 3 is 2.51 bits per heavy atom. The summed E-state index contributed by atoms with van der Waals surface area (Å²) in [6.07, 6.45) is 1.80. The Kier molecular flexibility index (Phi) is 5.65. The fourth-order valence-corrected chi connectivity index (χ4v) is 5.68. The van der Waals surface area contributed by atoms with Gasteiger partial charge in [0.05, 0.1) is 5.57 Å². The third-order valence-electron chi connectivity index (χ3n) is 6.74. The molecule has 0 saturated heterocycles. The van der Waals surface area contributed by atoms with Crippen LogP contribution in [-0.4, -0.2) is 31.5 Å². The van der Waals surface area contributed by atoms with E-state index in [9.17, 15) is 4.79 Å². The molecule has 37 heavy (non-hydrogen) atoms. The lowest BCUT2D eigenvalue weighted by Crippen LogP contribution is -2.35. The number of para-hydroxylation sites is 1. The minimum atomic E-state index is -0.418. The van der Waals surface area contributed by atoms with Gasteiger partial charge in [-0.15, -0.1) is 0 Å². The number of amides is 1. The Bertz CT molecular complexity index is 1690. The van der Waals surface area contributed by atoms with Gasteiger partial charge in [0.1, 0.15) is 5.04 Å². The highest BCUT2D eigenvalue weighted by Gasteiger charge is 2.36. The Morgan fingerprint density at radius 2 is 1.73 bits per heavy atom. The molecular formula is C30H25N5OS. The summed E-state index contributed by atoms with van der Waals surface area (Å²) in [5.41, 5.74) is 7.81. The maximum absolute atomic E-state index is 13.1. The fourth-order valence-electron chi connectivity index (χ4n) is 4.79. The monoisotopic (exact) mass is 503 g/mol. The third kappa shape index (κ3) is 4.11. The normalized spacial score (nSPS) is 16.4. The number of hydrogen-bond acceptors (Lipinski definition) is 4. The van der Waals surface area contributed by atoms with Crippen molar-refractivity contribution in [3.8, 4) is 0 Å². The smallest absolute Gasteiger partial charge is 0.283 e. The number of aryl methyl sites for hydroxylation is 2. The van der Waals surface area contributed by atoms with Crippen LogP contribution in [0.15, 0.2) is 88.5 Å². The number of thioether (sulfide) groups is 1. The van der Waals surface area contributed by atoms with E-state index in [1.54, 1.807) is 6.08 Å². The number of carbonyl (C=O) groups is 1. The maximum atomic E-state index is 13.1. The van der Waals surface area contributed by atoms with Crippen LogP contribution < -0.4 is 0 Å². The van der Waals surface area contributed by atoms with Gasteiger partial charge in [-0.25, -0.2) is 0 Å². The SMILES string of the molecule is Cc1ccc(C2=NN3C(=N)/C(=C/c4c(C)n(Cc5cccc(C)c5)c5ccccc45)C(=O)N=C3S2)cc1. The van der Waals surface area contributed by atoms with Crippen LogP contribution in [0.5, 0.6) is 0 Å². The van der Waals surface area contributed by atoms with E-state index in [0.717, 1.165) is 44.9 Å². The number of benzene rings is 3. The van der Waals surface area contributed by atoms with Crippen LogP contribution in [0.3, 0.4) is 0 Å². The molecule has 3 heterocycles. The molecule has 0 unspecified atom stereocenters. The van der Waals surface area contributed by atoms with Gasteiger partial charge >= 0.3 is 0 Å². The summed E-state index contributed by atoms with van der Waals surface area (Å²) in [5.74, 6) is -0.376. The molecule has 0 aliphatic carbocycles. The van der Waals surface area contributed by atoms with Crippen LogP contribution in [0.25, 0.3) is 17.0 Å². The molecule has 0 bridgehead atoms. The Hall–Kier alpha value is -4.23. The van der Waals surface area contributed by atoms with Crippen molar-refractivity contribution in [2.45, 2.75) is 27.3 Å². The summed E-state index contributed by atoms with van der Waals surface area (Å²) in [4.78, 5) is 17.4. The molecule has 2 aliphatic rings. The molecule has 1 aromatic heterocycles.